The second-order valence-corrected chi connectivity index (χ2v) is 7.95. The second kappa shape index (κ2) is 13.6. The van der Waals surface area contributed by atoms with Gasteiger partial charge in [0.25, 0.3) is 0 Å². The molecule has 0 aromatic carbocycles. The number of pyridine rings is 1. The summed E-state index contributed by atoms with van der Waals surface area (Å²) in [5.74, 6) is 2.65. The van der Waals surface area contributed by atoms with Crippen LogP contribution < -0.4 is 10.6 Å². The summed E-state index contributed by atoms with van der Waals surface area (Å²) in [5.41, 5.74) is 3.09. The lowest BCUT2D eigenvalue weighted by Crippen LogP contribution is -2.40. The Hall–Kier alpha value is -1.68. The zero-order chi connectivity index (χ0) is 21.2. The van der Waals surface area contributed by atoms with Gasteiger partial charge in [-0.25, -0.2) is 14.7 Å². The number of aromatic nitrogens is 3. The van der Waals surface area contributed by atoms with Crippen molar-refractivity contribution in [3.8, 4) is 5.82 Å². The molecule has 0 radical (unpaired) electrons. The van der Waals surface area contributed by atoms with Crippen LogP contribution in [0.25, 0.3) is 5.82 Å². The molecule has 0 fully saturated rings. The summed E-state index contributed by atoms with van der Waals surface area (Å²) in [5, 5.41) is 20.5. The van der Waals surface area contributed by atoms with E-state index in [4.69, 9.17) is 0 Å². The molecular weight excluding hydrogens is 491 g/mol. The van der Waals surface area contributed by atoms with Crippen molar-refractivity contribution in [3.05, 3.63) is 41.3 Å². The molecular formula is C22H37IN6O. The fourth-order valence-corrected chi connectivity index (χ4v) is 3.40. The number of aryl methyl sites for hydroxylation is 2. The van der Waals surface area contributed by atoms with E-state index in [2.05, 4.69) is 46.5 Å². The number of aliphatic imine (C=N–C) groups is 1. The Morgan fingerprint density at radius 1 is 1.23 bits per heavy atom. The Morgan fingerprint density at radius 3 is 2.53 bits per heavy atom. The first kappa shape index (κ1) is 26.4. The summed E-state index contributed by atoms with van der Waals surface area (Å²) < 4.78 is 1.85. The number of aliphatic hydroxyl groups excluding tert-OH is 1. The van der Waals surface area contributed by atoms with Crippen LogP contribution in [0.15, 0.2) is 29.4 Å². The summed E-state index contributed by atoms with van der Waals surface area (Å²) in [7, 11) is 0. The van der Waals surface area contributed by atoms with E-state index >= 15 is 0 Å². The SMILES string of the molecule is CCNC(=NCc1ccc(-n2nc(C)cc2C)nc1)NCC(CCO)CC(C)C.I. The van der Waals surface area contributed by atoms with E-state index in [1.807, 2.05) is 42.9 Å². The van der Waals surface area contributed by atoms with Crippen LogP contribution in [0.4, 0.5) is 0 Å². The Morgan fingerprint density at radius 2 is 2.00 bits per heavy atom. The molecule has 0 aliphatic carbocycles. The van der Waals surface area contributed by atoms with E-state index < -0.39 is 0 Å². The normalized spacial score (nSPS) is 12.6. The summed E-state index contributed by atoms with van der Waals surface area (Å²) in [6.07, 6.45) is 3.75. The molecule has 8 heteroatoms. The fraction of sp³-hybridized carbons (Fsp3) is 0.591. The maximum atomic E-state index is 9.31. The number of hydrogen-bond acceptors (Lipinski definition) is 4. The van der Waals surface area contributed by atoms with E-state index in [9.17, 15) is 5.11 Å². The van der Waals surface area contributed by atoms with Crippen LogP contribution in [0.3, 0.4) is 0 Å². The number of nitrogens with zero attached hydrogens (tertiary/aromatic N) is 4. The first-order valence-corrected chi connectivity index (χ1v) is 10.5. The fourth-order valence-electron chi connectivity index (χ4n) is 3.40. The Labute approximate surface area is 197 Å². The summed E-state index contributed by atoms with van der Waals surface area (Å²) in [6.45, 7) is 12.9. The molecule has 1 atom stereocenters. The van der Waals surface area contributed by atoms with Crippen molar-refractivity contribution in [2.24, 2.45) is 16.8 Å². The average Bonchev–Trinajstić information content (AvgIpc) is 3.02. The third-order valence-electron chi connectivity index (χ3n) is 4.70. The number of aliphatic hydroxyl groups is 1. The number of hydrogen-bond donors (Lipinski definition) is 3. The van der Waals surface area contributed by atoms with Gasteiger partial charge in [-0.3, -0.25) is 0 Å². The molecule has 0 aliphatic heterocycles. The maximum absolute atomic E-state index is 9.31. The van der Waals surface area contributed by atoms with E-state index in [1.165, 1.54) is 0 Å². The Balaban J connectivity index is 0.00000450. The molecule has 0 saturated carbocycles. The highest BCUT2D eigenvalue weighted by Gasteiger charge is 2.11. The van der Waals surface area contributed by atoms with Crippen LogP contribution in [0.5, 0.6) is 0 Å². The molecule has 30 heavy (non-hydrogen) atoms. The van der Waals surface area contributed by atoms with Crippen LogP contribution in [0.2, 0.25) is 0 Å². The lowest BCUT2D eigenvalue weighted by molar-refractivity contribution is 0.243. The van der Waals surface area contributed by atoms with Crippen molar-refractivity contribution < 1.29 is 5.11 Å². The van der Waals surface area contributed by atoms with Crippen molar-refractivity contribution in [2.75, 3.05) is 19.7 Å². The molecule has 0 bridgehead atoms. The molecule has 0 aliphatic rings. The molecule has 0 amide bonds. The van der Waals surface area contributed by atoms with Crippen LogP contribution in [0.1, 0.15) is 50.6 Å². The van der Waals surface area contributed by atoms with Gasteiger partial charge >= 0.3 is 0 Å². The summed E-state index contributed by atoms with van der Waals surface area (Å²) >= 11 is 0. The number of halogens is 1. The molecule has 2 rings (SSSR count). The topological polar surface area (TPSA) is 87.4 Å². The van der Waals surface area contributed by atoms with Gasteiger partial charge < -0.3 is 15.7 Å². The third kappa shape index (κ3) is 8.59. The molecule has 1 unspecified atom stereocenters. The van der Waals surface area contributed by atoms with E-state index in [1.54, 1.807) is 0 Å². The molecule has 7 nitrogen and oxygen atoms in total. The minimum absolute atomic E-state index is 0. The van der Waals surface area contributed by atoms with E-state index in [-0.39, 0.29) is 30.6 Å². The largest absolute Gasteiger partial charge is 0.396 e. The Bertz CT molecular complexity index is 772. The van der Waals surface area contributed by atoms with Crippen molar-refractivity contribution >= 4 is 29.9 Å². The summed E-state index contributed by atoms with van der Waals surface area (Å²) in [4.78, 5) is 9.23. The van der Waals surface area contributed by atoms with Gasteiger partial charge in [0.05, 0.1) is 12.2 Å². The van der Waals surface area contributed by atoms with Gasteiger partial charge in [0.2, 0.25) is 0 Å². The highest BCUT2D eigenvalue weighted by molar-refractivity contribution is 14.0. The van der Waals surface area contributed by atoms with Crippen molar-refractivity contribution in [2.45, 2.75) is 54.0 Å². The van der Waals surface area contributed by atoms with Crippen molar-refractivity contribution in [1.82, 2.24) is 25.4 Å². The van der Waals surface area contributed by atoms with E-state index in [0.717, 1.165) is 54.7 Å². The van der Waals surface area contributed by atoms with Crippen LogP contribution in [-0.4, -0.2) is 45.5 Å². The smallest absolute Gasteiger partial charge is 0.191 e. The molecule has 2 aromatic heterocycles. The van der Waals surface area contributed by atoms with Crippen LogP contribution >= 0.6 is 24.0 Å². The molecule has 0 saturated heterocycles. The molecule has 3 N–H and O–H groups in total. The van der Waals surface area contributed by atoms with Gasteiger partial charge in [-0.15, -0.1) is 24.0 Å². The monoisotopic (exact) mass is 528 g/mol. The average molecular weight is 528 g/mol. The molecule has 168 valence electrons. The summed E-state index contributed by atoms with van der Waals surface area (Å²) in [6, 6.07) is 6.06. The number of rotatable bonds is 10. The van der Waals surface area contributed by atoms with Crippen LogP contribution in [0, 0.1) is 25.7 Å². The lowest BCUT2D eigenvalue weighted by atomic mass is 9.94. The lowest BCUT2D eigenvalue weighted by Gasteiger charge is -2.20. The predicted octanol–water partition coefficient (Wildman–Crippen LogP) is 3.60. The minimum atomic E-state index is 0. The highest BCUT2D eigenvalue weighted by Crippen LogP contribution is 2.14. The van der Waals surface area contributed by atoms with Crippen molar-refractivity contribution in [1.29, 1.82) is 0 Å². The molecule has 0 spiro atoms. The number of guanidine groups is 1. The first-order valence-electron chi connectivity index (χ1n) is 10.5. The third-order valence-corrected chi connectivity index (χ3v) is 4.70. The zero-order valence-electron chi connectivity index (χ0n) is 18.9. The standard InChI is InChI=1S/C22H36N6O.HI/c1-6-23-22(25-13-19(9-10-29)11-16(2)3)26-15-20-7-8-21(24-14-20)28-18(5)12-17(4)27-28;/h7-8,12,14,16,19,29H,6,9-11,13,15H2,1-5H3,(H2,23,25,26);1H. The van der Waals surface area contributed by atoms with E-state index in [0.29, 0.717) is 18.4 Å². The quantitative estimate of drug-likeness (QED) is 0.249. The van der Waals surface area contributed by atoms with Gasteiger partial charge in [-0.1, -0.05) is 19.9 Å². The van der Waals surface area contributed by atoms with Gasteiger partial charge in [0.1, 0.15) is 0 Å². The van der Waals surface area contributed by atoms with Crippen LogP contribution in [-0.2, 0) is 6.54 Å². The van der Waals surface area contributed by atoms with Gasteiger partial charge in [-0.05, 0) is 63.1 Å². The first-order chi connectivity index (χ1) is 13.9. The van der Waals surface area contributed by atoms with Crippen molar-refractivity contribution in [3.63, 3.8) is 0 Å². The second-order valence-electron chi connectivity index (χ2n) is 7.95. The Kier molecular flexibility index (Phi) is 11.9. The number of nitrogens with one attached hydrogen (secondary N) is 2. The van der Waals surface area contributed by atoms with Gasteiger partial charge in [-0.2, -0.15) is 5.10 Å². The predicted molar refractivity (Wildman–Crippen MR) is 134 cm³/mol. The van der Waals surface area contributed by atoms with Gasteiger partial charge in [0.15, 0.2) is 11.8 Å². The zero-order valence-corrected chi connectivity index (χ0v) is 21.2. The molecule has 2 heterocycles. The highest BCUT2D eigenvalue weighted by atomic mass is 127. The minimum Gasteiger partial charge on any atom is -0.396 e. The molecule has 2 aromatic rings. The van der Waals surface area contributed by atoms with Gasteiger partial charge in [0, 0.05) is 31.6 Å². The maximum Gasteiger partial charge on any atom is 0.191 e.